The minimum atomic E-state index is -0.214. The minimum absolute atomic E-state index is 0.152. The Labute approximate surface area is 257 Å². The molecule has 0 unspecified atom stereocenters. The van der Waals surface area contributed by atoms with Crippen molar-refractivity contribution in [3.63, 3.8) is 0 Å². The molecular formula is C35H28N8O2. The molecule has 7 aromatic rings. The Bertz CT molecular complexity index is 2210. The molecule has 0 radical (unpaired) electrons. The number of carbonyl (C=O) groups is 1. The summed E-state index contributed by atoms with van der Waals surface area (Å²) in [6.07, 6.45) is 3.50. The number of imidazole rings is 1. The summed E-state index contributed by atoms with van der Waals surface area (Å²) < 4.78 is 3.41. The molecule has 1 amide bonds. The lowest BCUT2D eigenvalue weighted by molar-refractivity contribution is 0.0951. The molecule has 0 aliphatic carbocycles. The van der Waals surface area contributed by atoms with E-state index in [1.54, 1.807) is 30.5 Å². The third kappa shape index (κ3) is 5.36. The molecule has 45 heavy (non-hydrogen) atoms. The number of nitrogens with two attached hydrogens (primary N) is 1. The average Bonchev–Trinajstić information content (AvgIpc) is 3.62. The number of aryl methyl sites for hydroxylation is 1. The number of pyridine rings is 2. The fourth-order valence-corrected chi connectivity index (χ4v) is 5.30. The minimum Gasteiger partial charge on any atom is -0.383 e. The molecule has 0 atom stereocenters. The highest BCUT2D eigenvalue weighted by Crippen LogP contribution is 2.32. The van der Waals surface area contributed by atoms with Gasteiger partial charge in [-0.3, -0.25) is 19.3 Å². The lowest BCUT2D eigenvalue weighted by atomic mass is 10.1. The van der Waals surface area contributed by atoms with Gasteiger partial charge in [-0.2, -0.15) is 0 Å². The SMILES string of the molecule is Cc1cc(=O)n(-c2ccc(C(=O)NCc3ccc(-n4c(-c5cccnc5N)nc5cc(-c6ccccc6)cnc54)cc3)cc2)[nH]1. The highest BCUT2D eigenvalue weighted by molar-refractivity contribution is 5.94. The quantitative estimate of drug-likeness (QED) is 0.225. The number of nitrogens with zero attached hydrogens (tertiary/aromatic N) is 5. The van der Waals surface area contributed by atoms with Crippen molar-refractivity contribution >= 4 is 22.9 Å². The molecule has 0 bridgehead atoms. The molecule has 4 aromatic heterocycles. The smallest absolute Gasteiger partial charge is 0.271 e. The summed E-state index contributed by atoms with van der Waals surface area (Å²) >= 11 is 0. The number of anilines is 1. The van der Waals surface area contributed by atoms with Crippen LogP contribution in [0.4, 0.5) is 5.82 Å². The topological polar surface area (TPSA) is 137 Å². The van der Waals surface area contributed by atoms with Gasteiger partial charge in [0.25, 0.3) is 11.5 Å². The molecule has 0 spiro atoms. The Balaban J connectivity index is 1.14. The molecule has 7 rings (SSSR count). The van der Waals surface area contributed by atoms with E-state index >= 15 is 0 Å². The number of fused-ring (bicyclic) bond motifs is 1. The van der Waals surface area contributed by atoms with Crippen LogP contribution in [0, 0.1) is 6.92 Å². The van der Waals surface area contributed by atoms with Crippen molar-refractivity contribution in [2.24, 2.45) is 0 Å². The normalized spacial score (nSPS) is 11.1. The lowest BCUT2D eigenvalue weighted by Gasteiger charge is -2.12. The van der Waals surface area contributed by atoms with Crippen molar-refractivity contribution in [3.8, 4) is 33.9 Å². The van der Waals surface area contributed by atoms with Gasteiger partial charge in [0.05, 0.1) is 11.3 Å². The molecule has 4 N–H and O–H groups in total. The van der Waals surface area contributed by atoms with E-state index in [0.717, 1.165) is 33.6 Å². The van der Waals surface area contributed by atoms with Crippen molar-refractivity contribution < 1.29 is 4.79 Å². The van der Waals surface area contributed by atoms with Gasteiger partial charge in [-0.05, 0) is 72.6 Å². The van der Waals surface area contributed by atoms with Crippen molar-refractivity contribution in [2.75, 3.05) is 5.73 Å². The summed E-state index contributed by atoms with van der Waals surface area (Å²) in [5.41, 5.74) is 14.0. The number of rotatable bonds is 7. The van der Waals surface area contributed by atoms with Crippen LogP contribution >= 0.6 is 0 Å². The fraction of sp³-hybridized carbons (Fsp3) is 0.0571. The number of aromatic amines is 1. The van der Waals surface area contributed by atoms with Crippen molar-refractivity contribution in [2.45, 2.75) is 13.5 Å². The molecule has 0 saturated carbocycles. The number of amides is 1. The summed E-state index contributed by atoms with van der Waals surface area (Å²) in [4.78, 5) is 39.0. The monoisotopic (exact) mass is 592 g/mol. The number of H-pyrrole nitrogens is 1. The first kappa shape index (κ1) is 27.5. The zero-order valence-corrected chi connectivity index (χ0v) is 24.3. The summed E-state index contributed by atoms with van der Waals surface area (Å²) in [5.74, 6) is 0.795. The Morgan fingerprint density at radius 3 is 2.33 bits per heavy atom. The molecule has 0 aliphatic heterocycles. The van der Waals surface area contributed by atoms with Gasteiger partial charge in [0.2, 0.25) is 0 Å². The molecule has 10 nitrogen and oxygen atoms in total. The van der Waals surface area contributed by atoms with Crippen LogP contribution in [0.3, 0.4) is 0 Å². The van der Waals surface area contributed by atoms with Gasteiger partial charge in [-0.1, -0.05) is 42.5 Å². The van der Waals surface area contributed by atoms with Crippen LogP contribution in [0.2, 0.25) is 0 Å². The van der Waals surface area contributed by atoms with E-state index < -0.39 is 0 Å². The van der Waals surface area contributed by atoms with Gasteiger partial charge in [0.1, 0.15) is 11.3 Å². The van der Waals surface area contributed by atoms with Crippen LogP contribution in [0.1, 0.15) is 21.6 Å². The predicted molar refractivity (Wildman–Crippen MR) is 174 cm³/mol. The van der Waals surface area contributed by atoms with Crippen LogP contribution in [-0.2, 0) is 6.54 Å². The van der Waals surface area contributed by atoms with Crippen LogP contribution in [-0.4, -0.2) is 35.2 Å². The molecule has 3 aromatic carbocycles. The molecular weight excluding hydrogens is 564 g/mol. The number of hydrogen-bond acceptors (Lipinski definition) is 6. The summed E-state index contributed by atoms with van der Waals surface area (Å²) in [6.45, 7) is 2.15. The van der Waals surface area contributed by atoms with Gasteiger partial charge >= 0.3 is 0 Å². The summed E-state index contributed by atoms with van der Waals surface area (Å²) in [5, 5.41) is 5.96. The van der Waals surface area contributed by atoms with E-state index in [9.17, 15) is 9.59 Å². The van der Waals surface area contributed by atoms with E-state index in [0.29, 0.717) is 40.6 Å². The Morgan fingerprint density at radius 1 is 0.867 bits per heavy atom. The van der Waals surface area contributed by atoms with Gasteiger partial charge in [-0.25, -0.2) is 19.6 Å². The Kier molecular flexibility index (Phi) is 6.99. The van der Waals surface area contributed by atoms with Crippen molar-refractivity contribution in [1.29, 1.82) is 0 Å². The molecule has 0 aliphatic rings. The maximum atomic E-state index is 12.9. The van der Waals surface area contributed by atoms with E-state index in [1.807, 2.05) is 90.5 Å². The van der Waals surface area contributed by atoms with Crippen LogP contribution in [0.5, 0.6) is 0 Å². The third-order valence-corrected chi connectivity index (χ3v) is 7.57. The lowest BCUT2D eigenvalue weighted by Crippen LogP contribution is -2.23. The standard InChI is InChI=1S/C35H28N8O2/c1-22-18-31(44)43(41-22)28-15-11-25(12-16-28)35(45)39-20-23-9-13-27(14-10-23)42-33(29-8-5-17-37-32(29)36)40-30-19-26(21-38-34(30)42)24-6-3-2-4-7-24/h2-19,21,41H,20H2,1H3,(H2,36,37)(H,39,45). The molecule has 220 valence electrons. The first-order chi connectivity index (χ1) is 21.9. The molecule has 0 fully saturated rings. The van der Waals surface area contributed by atoms with Crippen LogP contribution < -0.4 is 16.6 Å². The van der Waals surface area contributed by atoms with Crippen molar-refractivity contribution in [3.05, 3.63) is 143 Å². The van der Waals surface area contributed by atoms with Gasteiger partial charge in [-0.15, -0.1) is 0 Å². The second-order valence-electron chi connectivity index (χ2n) is 10.6. The maximum Gasteiger partial charge on any atom is 0.271 e. The number of hydrogen-bond donors (Lipinski definition) is 3. The fourth-order valence-electron chi connectivity index (χ4n) is 5.30. The zero-order valence-electron chi connectivity index (χ0n) is 24.3. The van der Waals surface area contributed by atoms with Crippen LogP contribution in [0.25, 0.3) is 45.1 Å². The van der Waals surface area contributed by atoms with E-state index in [1.165, 1.54) is 10.7 Å². The second-order valence-corrected chi connectivity index (χ2v) is 10.6. The second kappa shape index (κ2) is 11.4. The number of benzene rings is 3. The van der Waals surface area contributed by atoms with Crippen molar-refractivity contribution in [1.82, 2.24) is 34.6 Å². The number of carbonyl (C=O) groups excluding carboxylic acids is 1. The predicted octanol–water partition coefficient (Wildman–Crippen LogP) is 5.45. The van der Waals surface area contributed by atoms with Gasteiger partial charge < -0.3 is 11.1 Å². The Morgan fingerprint density at radius 2 is 1.62 bits per heavy atom. The average molecular weight is 593 g/mol. The van der Waals surface area contributed by atoms with Gasteiger partial charge in [0.15, 0.2) is 11.5 Å². The highest BCUT2D eigenvalue weighted by atomic mass is 16.1. The number of nitrogens with one attached hydrogen (secondary N) is 2. The highest BCUT2D eigenvalue weighted by Gasteiger charge is 2.19. The first-order valence-electron chi connectivity index (χ1n) is 14.4. The summed E-state index contributed by atoms with van der Waals surface area (Å²) in [7, 11) is 0. The first-order valence-corrected chi connectivity index (χ1v) is 14.4. The number of aromatic nitrogens is 6. The van der Waals surface area contributed by atoms with E-state index in [-0.39, 0.29) is 11.5 Å². The number of nitrogen functional groups attached to an aromatic ring is 1. The molecule has 0 saturated heterocycles. The summed E-state index contributed by atoms with van der Waals surface area (Å²) in [6, 6.07) is 32.0. The van der Waals surface area contributed by atoms with Gasteiger partial charge in [0, 0.05) is 47.5 Å². The third-order valence-electron chi connectivity index (χ3n) is 7.57. The van der Waals surface area contributed by atoms with E-state index in [2.05, 4.69) is 15.4 Å². The Hall–Kier alpha value is -6.29. The van der Waals surface area contributed by atoms with Crippen LogP contribution in [0.15, 0.2) is 120 Å². The molecule has 10 heteroatoms. The molecule has 4 heterocycles. The zero-order chi connectivity index (χ0) is 30.9. The maximum absolute atomic E-state index is 12.9. The van der Waals surface area contributed by atoms with E-state index in [4.69, 9.17) is 15.7 Å². The largest absolute Gasteiger partial charge is 0.383 e.